The summed E-state index contributed by atoms with van der Waals surface area (Å²) in [5.74, 6) is 0.915. The Morgan fingerprint density at radius 2 is 2.30 bits per heavy atom. The molecular formula is C9H16O. The predicted octanol–water partition coefficient (Wildman–Crippen LogP) is 2.36. The van der Waals surface area contributed by atoms with Gasteiger partial charge in [0, 0.05) is 6.61 Å². The molecule has 1 saturated carbocycles. The van der Waals surface area contributed by atoms with Crippen molar-refractivity contribution in [3.8, 4) is 0 Å². The van der Waals surface area contributed by atoms with E-state index in [1.807, 2.05) is 0 Å². The van der Waals surface area contributed by atoms with E-state index in [9.17, 15) is 0 Å². The molecule has 58 valence electrons. The molecule has 0 aromatic rings. The van der Waals surface area contributed by atoms with Gasteiger partial charge in [-0.1, -0.05) is 6.92 Å². The summed E-state index contributed by atoms with van der Waals surface area (Å²) < 4.78 is 5.77. The summed E-state index contributed by atoms with van der Waals surface area (Å²) in [4.78, 5) is 0. The summed E-state index contributed by atoms with van der Waals surface area (Å²) in [5.41, 5.74) is 0.361. The third kappa shape index (κ3) is 0.968. The average molecular weight is 140 g/mol. The zero-order chi connectivity index (χ0) is 7.03. The lowest BCUT2D eigenvalue weighted by molar-refractivity contribution is 0.00775. The number of hydrogen-bond donors (Lipinski definition) is 0. The summed E-state index contributed by atoms with van der Waals surface area (Å²) in [5, 5.41) is 0. The first-order chi connectivity index (χ1) is 4.81. The average Bonchev–Trinajstić information content (AvgIpc) is 2.46. The van der Waals surface area contributed by atoms with Crippen LogP contribution < -0.4 is 0 Å². The van der Waals surface area contributed by atoms with Gasteiger partial charge in [-0.15, -0.1) is 0 Å². The van der Waals surface area contributed by atoms with Crippen LogP contribution in [-0.2, 0) is 4.74 Å². The van der Waals surface area contributed by atoms with Gasteiger partial charge >= 0.3 is 0 Å². The fourth-order valence-electron chi connectivity index (χ4n) is 2.46. The van der Waals surface area contributed by atoms with Crippen molar-refractivity contribution >= 4 is 0 Å². The molecular weight excluding hydrogens is 124 g/mol. The van der Waals surface area contributed by atoms with Crippen LogP contribution in [-0.4, -0.2) is 12.2 Å². The number of ether oxygens (including phenoxy) is 1. The highest BCUT2D eigenvalue weighted by Gasteiger charge is 2.40. The lowest BCUT2D eigenvalue weighted by atomic mass is 9.97. The van der Waals surface area contributed by atoms with Gasteiger partial charge in [0.15, 0.2) is 0 Å². The number of rotatable bonds is 0. The first kappa shape index (κ1) is 6.66. The van der Waals surface area contributed by atoms with Gasteiger partial charge in [0.2, 0.25) is 0 Å². The van der Waals surface area contributed by atoms with Crippen LogP contribution in [0.15, 0.2) is 0 Å². The summed E-state index contributed by atoms with van der Waals surface area (Å²) >= 11 is 0. The predicted molar refractivity (Wildman–Crippen MR) is 40.9 cm³/mol. The van der Waals surface area contributed by atoms with E-state index in [2.05, 4.69) is 6.92 Å². The minimum absolute atomic E-state index is 0.361. The molecule has 0 aromatic heterocycles. The molecule has 0 aromatic carbocycles. The molecule has 2 rings (SSSR count). The molecule has 1 aliphatic carbocycles. The highest BCUT2D eigenvalue weighted by atomic mass is 16.5. The van der Waals surface area contributed by atoms with Gasteiger partial charge in [-0.25, -0.2) is 0 Å². The van der Waals surface area contributed by atoms with Crippen molar-refractivity contribution in [3.05, 3.63) is 0 Å². The topological polar surface area (TPSA) is 9.23 Å². The quantitative estimate of drug-likeness (QED) is 0.502. The van der Waals surface area contributed by atoms with Crippen LogP contribution in [0.2, 0.25) is 0 Å². The molecule has 1 saturated heterocycles. The van der Waals surface area contributed by atoms with Crippen LogP contribution >= 0.6 is 0 Å². The molecule has 2 fully saturated rings. The second kappa shape index (κ2) is 2.23. The third-order valence-corrected chi connectivity index (χ3v) is 3.00. The normalized spacial score (nSPS) is 47.1. The second-order valence-electron chi connectivity index (χ2n) is 3.98. The van der Waals surface area contributed by atoms with E-state index in [4.69, 9.17) is 4.74 Å². The Morgan fingerprint density at radius 3 is 2.80 bits per heavy atom. The van der Waals surface area contributed by atoms with Crippen LogP contribution in [0.1, 0.15) is 39.0 Å². The molecule has 0 N–H and O–H groups in total. The van der Waals surface area contributed by atoms with E-state index >= 15 is 0 Å². The Bertz CT molecular complexity index is 125. The van der Waals surface area contributed by atoms with Crippen molar-refractivity contribution in [2.45, 2.75) is 44.6 Å². The van der Waals surface area contributed by atoms with Crippen molar-refractivity contribution < 1.29 is 4.74 Å². The SMILES string of the molecule is C[C@@H]1CC[C@@]2(CCCO2)C1. The van der Waals surface area contributed by atoms with E-state index in [0.717, 1.165) is 12.5 Å². The van der Waals surface area contributed by atoms with Crippen LogP contribution in [0.3, 0.4) is 0 Å². The van der Waals surface area contributed by atoms with Gasteiger partial charge in [-0.3, -0.25) is 0 Å². The minimum atomic E-state index is 0.361. The van der Waals surface area contributed by atoms with E-state index < -0.39 is 0 Å². The molecule has 0 unspecified atom stereocenters. The van der Waals surface area contributed by atoms with E-state index in [1.54, 1.807) is 0 Å². The van der Waals surface area contributed by atoms with Gasteiger partial charge in [0.1, 0.15) is 0 Å². The van der Waals surface area contributed by atoms with Gasteiger partial charge in [0.05, 0.1) is 5.60 Å². The summed E-state index contributed by atoms with van der Waals surface area (Å²) in [6.45, 7) is 3.36. The lowest BCUT2D eigenvalue weighted by Gasteiger charge is -2.21. The first-order valence-electron chi connectivity index (χ1n) is 4.45. The molecule has 1 spiro atoms. The maximum Gasteiger partial charge on any atom is 0.0686 e. The standard InChI is InChI=1S/C9H16O/c1-8-3-5-9(7-8)4-2-6-10-9/h8H,2-7H2,1H3/t8-,9+/m1/s1. The second-order valence-corrected chi connectivity index (χ2v) is 3.98. The fourth-order valence-corrected chi connectivity index (χ4v) is 2.46. The zero-order valence-electron chi connectivity index (χ0n) is 6.73. The maximum atomic E-state index is 5.77. The fraction of sp³-hybridized carbons (Fsp3) is 1.00. The van der Waals surface area contributed by atoms with Crippen molar-refractivity contribution in [3.63, 3.8) is 0 Å². The molecule has 10 heavy (non-hydrogen) atoms. The molecule has 1 heterocycles. The van der Waals surface area contributed by atoms with Crippen molar-refractivity contribution in [2.24, 2.45) is 5.92 Å². The van der Waals surface area contributed by atoms with Crippen molar-refractivity contribution in [2.75, 3.05) is 6.61 Å². The van der Waals surface area contributed by atoms with Gasteiger partial charge in [-0.2, -0.15) is 0 Å². The molecule has 1 nitrogen and oxygen atoms in total. The molecule has 0 radical (unpaired) electrons. The van der Waals surface area contributed by atoms with E-state index in [-0.39, 0.29) is 0 Å². The Kier molecular flexibility index (Phi) is 1.48. The van der Waals surface area contributed by atoms with E-state index in [1.165, 1.54) is 32.1 Å². The van der Waals surface area contributed by atoms with Crippen molar-refractivity contribution in [1.82, 2.24) is 0 Å². The van der Waals surface area contributed by atoms with Crippen LogP contribution in [0, 0.1) is 5.92 Å². The minimum Gasteiger partial charge on any atom is -0.375 e. The first-order valence-corrected chi connectivity index (χ1v) is 4.45. The Labute approximate surface area is 62.8 Å². The maximum absolute atomic E-state index is 5.77. The summed E-state index contributed by atoms with van der Waals surface area (Å²) in [6, 6.07) is 0. The Hall–Kier alpha value is -0.0400. The molecule has 1 heteroatoms. The zero-order valence-corrected chi connectivity index (χ0v) is 6.73. The van der Waals surface area contributed by atoms with Gasteiger partial charge in [0.25, 0.3) is 0 Å². The monoisotopic (exact) mass is 140 g/mol. The number of hydrogen-bond acceptors (Lipinski definition) is 1. The van der Waals surface area contributed by atoms with Crippen LogP contribution in [0.4, 0.5) is 0 Å². The Balaban J connectivity index is 2.03. The molecule has 2 aliphatic rings. The lowest BCUT2D eigenvalue weighted by Crippen LogP contribution is -2.22. The Morgan fingerprint density at radius 1 is 1.40 bits per heavy atom. The highest BCUT2D eigenvalue weighted by Crippen LogP contribution is 2.43. The summed E-state index contributed by atoms with van der Waals surface area (Å²) in [7, 11) is 0. The molecule has 2 atom stereocenters. The van der Waals surface area contributed by atoms with E-state index in [0.29, 0.717) is 5.60 Å². The molecule has 1 aliphatic heterocycles. The smallest absolute Gasteiger partial charge is 0.0686 e. The highest BCUT2D eigenvalue weighted by molar-refractivity contribution is 4.92. The van der Waals surface area contributed by atoms with Gasteiger partial charge < -0.3 is 4.74 Å². The van der Waals surface area contributed by atoms with Crippen LogP contribution in [0.25, 0.3) is 0 Å². The molecule has 0 bridgehead atoms. The third-order valence-electron chi connectivity index (χ3n) is 3.00. The summed E-state index contributed by atoms with van der Waals surface area (Å²) in [6.07, 6.45) is 6.67. The van der Waals surface area contributed by atoms with Crippen LogP contribution in [0.5, 0.6) is 0 Å². The molecule has 0 amide bonds. The van der Waals surface area contributed by atoms with Crippen molar-refractivity contribution in [1.29, 1.82) is 0 Å². The van der Waals surface area contributed by atoms with Gasteiger partial charge in [-0.05, 0) is 38.0 Å². The largest absolute Gasteiger partial charge is 0.375 e.